The number of halogens is 2. The molecule has 0 aliphatic carbocycles. The predicted molar refractivity (Wildman–Crippen MR) is 112 cm³/mol. The molecule has 1 heterocycles. The number of amides is 1. The first-order chi connectivity index (χ1) is 14.5. The van der Waals surface area contributed by atoms with Crippen LogP contribution in [0.1, 0.15) is 11.6 Å². The second-order valence-electron chi connectivity index (χ2n) is 6.74. The van der Waals surface area contributed by atoms with E-state index < -0.39 is 12.1 Å². The van der Waals surface area contributed by atoms with Crippen molar-refractivity contribution in [2.24, 2.45) is 0 Å². The van der Waals surface area contributed by atoms with Crippen LogP contribution in [0.25, 0.3) is 0 Å². The molecule has 1 aliphatic rings. The molecule has 0 spiro atoms. The van der Waals surface area contributed by atoms with Gasteiger partial charge in [-0.2, -0.15) is 0 Å². The molecule has 0 radical (unpaired) electrons. The number of methoxy groups -OCH3 is 2. The number of carbonyl (C=O) groups excluding carboxylic acids is 1. The molecule has 3 aromatic carbocycles. The predicted octanol–water partition coefficient (Wildman–Crippen LogP) is 5.03. The zero-order valence-electron chi connectivity index (χ0n) is 16.3. The number of nitrogens with zero attached hydrogens (tertiary/aromatic N) is 1. The largest absolute Gasteiger partial charge is 0.493 e. The fourth-order valence-electron chi connectivity index (χ4n) is 3.49. The Balaban J connectivity index is 1.71. The Labute approximate surface area is 178 Å². The summed E-state index contributed by atoms with van der Waals surface area (Å²) in [6.07, 6.45) is -0.755. The molecule has 0 bridgehead atoms. The Kier molecular flexibility index (Phi) is 5.50. The van der Waals surface area contributed by atoms with Crippen LogP contribution in [-0.4, -0.2) is 26.2 Å². The van der Waals surface area contributed by atoms with Crippen LogP contribution >= 0.6 is 11.6 Å². The molecule has 0 saturated carbocycles. The van der Waals surface area contributed by atoms with Crippen molar-refractivity contribution in [2.75, 3.05) is 19.1 Å². The van der Waals surface area contributed by atoms with Crippen LogP contribution in [0, 0.1) is 5.82 Å². The number of hydrogen-bond acceptors (Lipinski definition) is 4. The summed E-state index contributed by atoms with van der Waals surface area (Å²) in [5, 5.41) is 0.576. The number of anilines is 1. The zero-order chi connectivity index (χ0) is 21.3. The first kappa shape index (κ1) is 20.0. The Morgan fingerprint density at radius 2 is 1.57 bits per heavy atom. The molecule has 1 fully saturated rings. The van der Waals surface area contributed by atoms with Gasteiger partial charge in [0.1, 0.15) is 17.6 Å². The normalized spacial score (nSPS) is 18.0. The minimum Gasteiger partial charge on any atom is -0.493 e. The van der Waals surface area contributed by atoms with Crippen LogP contribution in [-0.2, 0) is 4.79 Å². The van der Waals surface area contributed by atoms with Crippen molar-refractivity contribution in [3.8, 4) is 17.2 Å². The zero-order valence-corrected chi connectivity index (χ0v) is 17.1. The molecule has 0 unspecified atom stereocenters. The minimum absolute atomic E-state index is 0.226. The summed E-state index contributed by atoms with van der Waals surface area (Å²) < 4.78 is 30.1. The Morgan fingerprint density at radius 3 is 2.20 bits per heavy atom. The highest BCUT2D eigenvalue weighted by Gasteiger charge is 2.51. The highest BCUT2D eigenvalue weighted by molar-refractivity contribution is 6.30. The monoisotopic (exact) mass is 427 g/mol. The lowest BCUT2D eigenvalue weighted by molar-refractivity contribution is -0.135. The highest BCUT2D eigenvalue weighted by Crippen LogP contribution is 2.43. The Hall–Kier alpha value is -3.25. The summed E-state index contributed by atoms with van der Waals surface area (Å²) in [5.41, 5.74) is 1.38. The fourth-order valence-corrected chi connectivity index (χ4v) is 3.61. The third kappa shape index (κ3) is 3.66. The molecular formula is C23H19ClFNO4. The van der Waals surface area contributed by atoms with Crippen molar-refractivity contribution in [2.45, 2.75) is 12.1 Å². The first-order valence-corrected chi connectivity index (χ1v) is 9.62. The molecule has 0 N–H and O–H groups in total. The van der Waals surface area contributed by atoms with E-state index in [2.05, 4.69) is 0 Å². The summed E-state index contributed by atoms with van der Waals surface area (Å²) >= 11 is 5.94. The van der Waals surface area contributed by atoms with Crippen molar-refractivity contribution >= 4 is 23.2 Å². The van der Waals surface area contributed by atoms with E-state index in [-0.39, 0.29) is 11.7 Å². The molecule has 1 saturated heterocycles. The van der Waals surface area contributed by atoms with E-state index in [1.807, 2.05) is 12.1 Å². The van der Waals surface area contributed by atoms with Gasteiger partial charge in [0.25, 0.3) is 5.91 Å². The van der Waals surface area contributed by atoms with Crippen LogP contribution < -0.4 is 19.1 Å². The van der Waals surface area contributed by atoms with Crippen molar-refractivity contribution in [3.05, 3.63) is 83.1 Å². The maximum atomic E-state index is 13.4. The molecule has 154 valence electrons. The lowest BCUT2D eigenvalue weighted by Gasteiger charge is -2.46. The molecule has 1 amide bonds. The maximum Gasteiger partial charge on any atom is 0.271 e. The molecule has 1 aliphatic heterocycles. The summed E-state index contributed by atoms with van der Waals surface area (Å²) in [7, 11) is 3.11. The average Bonchev–Trinajstić information content (AvgIpc) is 2.77. The molecule has 30 heavy (non-hydrogen) atoms. The summed E-state index contributed by atoms with van der Waals surface area (Å²) in [4.78, 5) is 14.6. The summed E-state index contributed by atoms with van der Waals surface area (Å²) in [5.74, 6) is 1.05. The van der Waals surface area contributed by atoms with Gasteiger partial charge >= 0.3 is 0 Å². The van der Waals surface area contributed by atoms with E-state index in [0.717, 1.165) is 5.56 Å². The van der Waals surface area contributed by atoms with Crippen molar-refractivity contribution in [1.29, 1.82) is 0 Å². The fraction of sp³-hybridized carbons (Fsp3) is 0.174. The molecular weight excluding hydrogens is 409 g/mol. The molecule has 5 nitrogen and oxygen atoms in total. The minimum atomic E-state index is -0.755. The summed E-state index contributed by atoms with van der Waals surface area (Å²) in [6, 6.07) is 17.6. The molecule has 2 atom stereocenters. The quantitative estimate of drug-likeness (QED) is 0.517. The Bertz CT molecular complexity index is 1060. The number of ether oxygens (including phenoxy) is 3. The van der Waals surface area contributed by atoms with Crippen molar-refractivity contribution in [1.82, 2.24) is 0 Å². The van der Waals surface area contributed by atoms with Gasteiger partial charge in [0, 0.05) is 10.7 Å². The van der Waals surface area contributed by atoms with Crippen LogP contribution in [0.15, 0.2) is 66.7 Å². The molecule has 4 rings (SSSR count). The van der Waals surface area contributed by atoms with Gasteiger partial charge in [0.15, 0.2) is 11.5 Å². The number of hydrogen-bond donors (Lipinski definition) is 0. The number of carbonyl (C=O) groups is 1. The van der Waals surface area contributed by atoms with E-state index in [1.54, 1.807) is 61.6 Å². The maximum absolute atomic E-state index is 13.4. The van der Waals surface area contributed by atoms with Gasteiger partial charge in [0.05, 0.1) is 14.2 Å². The standard InChI is InChI=1S/C23H19ClFNO4/c1-28-19-12-3-14(13-20(19)29-2)21-22(30-18-10-4-15(24)5-11-18)23(27)26(21)17-8-6-16(25)7-9-17/h3-13,21-22H,1-2H3/t21-,22-/m0/s1. The van der Waals surface area contributed by atoms with E-state index in [0.29, 0.717) is 28.0 Å². The lowest BCUT2D eigenvalue weighted by Crippen LogP contribution is -2.61. The number of rotatable bonds is 6. The van der Waals surface area contributed by atoms with Crippen LogP contribution in [0.3, 0.4) is 0 Å². The third-order valence-electron chi connectivity index (χ3n) is 4.98. The van der Waals surface area contributed by atoms with E-state index >= 15 is 0 Å². The highest BCUT2D eigenvalue weighted by atomic mass is 35.5. The van der Waals surface area contributed by atoms with E-state index in [9.17, 15) is 9.18 Å². The average molecular weight is 428 g/mol. The van der Waals surface area contributed by atoms with Gasteiger partial charge in [-0.3, -0.25) is 9.69 Å². The molecule has 3 aromatic rings. The summed E-state index contributed by atoms with van der Waals surface area (Å²) in [6.45, 7) is 0. The van der Waals surface area contributed by atoms with Crippen LogP contribution in [0.4, 0.5) is 10.1 Å². The Morgan fingerprint density at radius 1 is 0.900 bits per heavy atom. The second kappa shape index (κ2) is 8.24. The van der Waals surface area contributed by atoms with Gasteiger partial charge in [-0.05, 0) is 66.2 Å². The van der Waals surface area contributed by atoms with E-state index in [1.165, 1.54) is 12.1 Å². The van der Waals surface area contributed by atoms with Crippen LogP contribution in [0.2, 0.25) is 5.02 Å². The van der Waals surface area contributed by atoms with Crippen molar-refractivity contribution < 1.29 is 23.4 Å². The SMILES string of the molecule is COc1ccc([C@H]2[C@H](Oc3ccc(Cl)cc3)C(=O)N2c2ccc(F)cc2)cc1OC. The molecule has 0 aromatic heterocycles. The van der Waals surface area contributed by atoms with Crippen LogP contribution in [0.5, 0.6) is 17.2 Å². The van der Waals surface area contributed by atoms with Crippen molar-refractivity contribution in [3.63, 3.8) is 0 Å². The van der Waals surface area contributed by atoms with Gasteiger partial charge in [-0.25, -0.2) is 4.39 Å². The second-order valence-corrected chi connectivity index (χ2v) is 7.17. The third-order valence-corrected chi connectivity index (χ3v) is 5.23. The number of β-lactam (4-membered cyclic amide) rings is 1. The van der Waals surface area contributed by atoms with Gasteiger partial charge in [-0.15, -0.1) is 0 Å². The molecule has 7 heteroatoms. The smallest absolute Gasteiger partial charge is 0.271 e. The van der Waals surface area contributed by atoms with Gasteiger partial charge < -0.3 is 14.2 Å². The van der Waals surface area contributed by atoms with E-state index in [4.69, 9.17) is 25.8 Å². The van der Waals surface area contributed by atoms with Gasteiger partial charge in [-0.1, -0.05) is 17.7 Å². The topological polar surface area (TPSA) is 48.0 Å². The lowest BCUT2D eigenvalue weighted by atomic mass is 9.89. The van der Waals surface area contributed by atoms with Gasteiger partial charge in [0.2, 0.25) is 6.10 Å². The number of benzene rings is 3. The first-order valence-electron chi connectivity index (χ1n) is 9.24.